The minimum Gasteiger partial charge on any atom is -0.309 e. The molecule has 38 heavy (non-hydrogen) atoms. The molecular weight excluding hydrogens is 476 g/mol. The zero-order valence-electron chi connectivity index (χ0n) is 20.1. The molecule has 0 radical (unpaired) electrons. The molecule has 0 fully saturated rings. The number of rotatable bonds is 2. The number of benzene rings is 6. The number of halogens is 2. The van der Waals surface area contributed by atoms with Gasteiger partial charge in [0.15, 0.2) is 0 Å². The second kappa shape index (κ2) is 7.73. The Morgan fingerprint density at radius 3 is 1.89 bits per heavy atom. The van der Waals surface area contributed by atoms with E-state index in [-0.39, 0.29) is 0 Å². The Hall–Kier alpha value is -5.03. The van der Waals surface area contributed by atoms with Crippen LogP contribution in [0, 0.1) is 11.6 Å². The molecule has 8 rings (SSSR count). The van der Waals surface area contributed by atoms with Crippen LogP contribution in [0.1, 0.15) is 0 Å². The van der Waals surface area contributed by atoms with Crippen LogP contribution < -0.4 is 0 Å². The third-order valence-corrected chi connectivity index (χ3v) is 7.46. The maximum Gasteiger partial charge on any atom is 0.128 e. The lowest BCUT2D eigenvalue weighted by Crippen LogP contribution is -1.98. The maximum absolute atomic E-state index is 14.1. The Morgan fingerprint density at radius 2 is 1.18 bits per heavy atom. The van der Waals surface area contributed by atoms with E-state index < -0.39 is 11.6 Å². The molecule has 3 nitrogen and oxygen atoms in total. The number of para-hydroxylation sites is 2. The normalized spacial score (nSPS) is 11.9. The first-order valence-electron chi connectivity index (χ1n) is 12.4. The van der Waals surface area contributed by atoms with E-state index in [0.717, 1.165) is 55.4 Å². The van der Waals surface area contributed by atoms with Gasteiger partial charge in [-0.2, -0.15) is 0 Å². The van der Waals surface area contributed by atoms with Gasteiger partial charge in [0, 0.05) is 22.2 Å². The minimum atomic E-state index is -0.625. The van der Waals surface area contributed by atoms with E-state index in [4.69, 9.17) is 4.98 Å². The van der Waals surface area contributed by atoms with E-state index in [1.165, 1.54) is 22.9 Å². The van der Waals surface area contributed by atoms with Crippen LogP contribution in [0.2, 0.25) is 0 Å². The topological polar surface area (TPSA) is 22.8 Å². The molecular formula is C33H19F2N3. The van der Waals surface area contributed by atoms with Gasteiger partial charge in [-0.1, -0.05) is 66.7 Å². The molecule has 5 heteroatoms. The molecule has 0 N–H and O–H groups in total. The summed E-state index contributed by atoms with van der Waals surface area (Å²) in [5, 5.41) is 6.67. The third-order valence-electron chi connectivity index (χ3n) is 7.46. The standard InChI is InChI=1S/C33H19F2N3/c34-21-16-22(35)18-23(17-21)37-19-36-33-30(37)14-13-27-24-8-2-1-7-20(24)15-31(32(27)33)38-28-11-5-3-9-25(28)26-10-4-6-12-29(26)38/h1-19H. The van der Waals surface area contributed by atoms with Crippen molar-refractivity contribution in [3.8, 4) is 11.4 Å². The van der Waals surface area contributed by atoms with Crippen LogP contribution >= 0.6 is 0 Å². The molecule has 0 saturated heterocycles. The number of hydrogen-bond acceptors (Lipinski definition) is 1. The molecule has 0 saturated carbocycles. The number of imidazole rings is 1. The van der Waals surface area contributed by atoms with Crippen molar-refractivity contribution in [1.82, 2.24) is 14.1 Å². The lowest BCUT2D eigenvalue weighted by Gasteiger charge is -2.15. The van der Waals surface area contributed by atoms with Gasteiger partial charge in [0.1, 0.15) is 18.0 Å². The summed E-state index contributed by atoms with van der Waals surface area (Å²) in [7, 11) is 0. The van der Waals surface area contributed by atoms with Gasteiger partial charge in [0.2, 0.25) is 0 Å². The first-order valence-corrected chi connectivity index (χ1v) is 12.4. The maximum atomic E-state index is 14.1. The van der Waals surface area contributed by atoms with Crippen LogP contribution in [-0.2, 0) is 0 Å². The Kier molecular flexibility index (Phi) is 4.29. The van der Waals surface area contributed by atoms with E-state index in [9.17, 15) is 8.78 Å². The lowest BCUT2D eigenvalue weighted by molar-refractivity contribution is 0.582. The average Bonchev–Trinajstić information content (AvgIpc) is 3.52. The summed E-state index contributed by atoms with van der Waals surface area (Å²) in [5.74, 6) is -1.25. The molecule has 180 valence electrons. The Bertz CT molecular complexity index is 2150. The van der Waals surface area contributed by atoms with E-state index >= 15 is 0 Å². The van der Waals surface area contributed by atoms with E-state index in [1.807, 2.05) is 12.1 Å². The predicted molar refractivity (Wildman–Crippen MR) is 150 cm³/mol. The summed E-state index contributed by atoms with van der Waals surface area (Å²) in [6, 6.07) is 35.0. The van der Waals surface area contributed by atoms with Gasteiger partial charge in [-0.3, -0.25) is 4.57 Å². The highest BCUT2D eigenvalue weighted by atomic mass is 19.1. The molecule has 0 aliphatic heterocycles. The molecule has 0 spiro atoms. The monoisotopic (exact) mass is 495 g/mol. The fourth-order valence-corrected chi connectivity index (χ4v) is 5.90. The quantitative estimate of drug-likeness (QED) is 0.220. The van der Waals surface area contributed by atoms with Crippen molar-refractivity contribution in [2.75, 3.05) is 0 Å². The summed E-state index contributed by atoms with van der Waals surface area (Å²) in [6.07, 6.45) is 1.64. The predicted octanol–water partition coefficient (Wildman–Crippen LogP) is 8.71. The average molecular weight is 496 g/mol. The zero-order valence-corrected chi connectivity index (χ0v) is 20.1. The smallest absolute Gasteiger partial charge is 0.128 e. The van der Waals surface area contributed by atoms with Crippen molar-refractivity contribution in [1.29, 1.82) is 0 Å². The molecule has 0 unspecified atom stereocenters. The molecule has 0 amide bonds. The molecule has 0 atom stereocenters. The first kappa shape index (κ1) is 21.1. The third kappa shape index (κ3) is 2.90. The largest absolute Gasteiger partial charge is 0.309 e. The van der Waals surface area contributed by atoms with Crippen molar-refractivity contribution >= 4 is 54.4 Å². The van der Waals surface area contributed by atoms with Gasteiger partial charge in [-0.05, 0) is 52.6 Å². The van der Waals surface area contributed by atoms with Crippen molar-refractivity contribution in [2.24, 2.45) is 0 Å². The number of hydrogen-bond donors (Lipinski definition) is 0. The van der Waals surface area contributed by atoms with Gasteiger partial charge in [0.25, 0.3) is 0 Å². The van der Waals surface area contributed by atoms with E-state index in [1.54, 1.807) is 10.9 Å². The van der Waals surface area contributed by atoms with Crippen molar-refractivity contribution in [2.45, 2.75) is 0 Å². The fourth-order valence-electron chi connectivity index (χ4n) is 5.90. The Morgan fingerprint density at radius 1 is 0.553 bits per heavy atom. The van der Waals surface area contributed by atoms with Crippen molar-refractivity contribution in [3.63, 3.8) is 0 Å². The van der Waals surface area contributed by atoms with Crippen molar-refractivity contribution < 1.29 is 8.78 Å². The lowest BCUT2D eigenvalue weighted by atomic mass is 9.98. The highest BCUT2D eigenvalue weighted by Gasteiger charge is 2.19. The number of fused-ring (bicyclic) bond motifs is 8. The van der Waals surface area contributed by atoms with E-state index in [2.05, 4.69) is 83.4 Å². The fraction of sp³-hybridized carbons (Fsp3) is 0. The van der Waals surface area contributed by atoms with Crippen LogP contribution in [0.3, 0.4) is 0 Å². The molecule has 6 aromatic carbocycles. The second-order valence-corrected chi connectivity index (χ2v) is 9.58. The van der Waals surface area contributed by atoms with Crippen molar-refractivity contribution in [3.05, 3.63) is 127 Å². The molecule has 0 aliphatic carbocycles. The summed E-state index contributed by atoms with van der Waals surface area (Å²) in [4.78, 5) is 4.82. The van der Waals surface area contributed by atoms with Gasteiger partial charge >= 0.3 is 0 Å². The zero-order chi connectivity index (χ0) is 25.4. The van der Waals surface area contributed by atoms with Gasteiger partial charge < -0.3 is 4.57 Å². The highest BCUT2D eigenvalue weighted by molar-refractivity contribution is 6.21. The first-order chi connectivity index (χ1) is 18.7. The highest BCUT2D eigenvalue weighted by Crippen LogP contribution is 2.40. The van der Waals surface area contributed by atoms with Crippen LogP contribution in [0.15, 0.2) is 116 Å². The summed E-state index contributed by atoms with van der Waals surface area (Å²) < 4.78 is 32.3. The van der Waals surface area contributed by atoms with Gasteiger partial charge in [-0.25, -0.2) is 13.8 Å². The minimum absolute atomic E-state index is 0.392. The van der Waals surface area contributed by atoms with Crippen LogP contribution in [0.4, 0.5) is 8.78 Å². The van der Waals surface area contributed by atoms with Crippen LogP contribution in [0.5, 0.6) is 0 Å². The second-order valence-electron chi connectivity index (χ2n) is 9.58. The molecule has 0 aliphatic rings. The summed E-state index contributed by atoms with van der Waals surface area (Å²) in [6.45, 7) is 0. The van der Waals surface area contributed by atoms with Crippen LogP contribution in [0.25, 0.3) is 65.8 Å². The summed E-state index contributed by atoms with van der Waals surface area (Å²) >= 11 is 0. The number of nitrogens with zero attached hydrogens (tertiary/aromatic N) is 3. The Labute approximate surface area is 215 Å². The van der Waals surface area contributed by atoms with Gasteiger partial charge in [0.05, 0.1) is 33.4 Å². The van der Waals surface area contributed by atoms with E-state index in [0.29, 0.717) is 5.69 Å². The molecule has 0 bridgehead atoms. The summed E-state index contributed by atoms with van der Waals surface area (Å²) in [5.41, 5.74) is 5.17. The number of aromatic nitrogens is 3. The molecule has 2 aromatic heterocycles. The molecule has 8 aromatic rings. The SMILES string of the molecule is Fc1cc(F)cc(-n2cnc3c4c(-n5c6ccccc6c6ccccc65)cc5ccccc5c4ccc32)c1. The molecule has 2 heterocycles. The van der Waals surface area contributed by atoms with Gasteiger partial charge in [-0.15, -0.1) is 0 Å². The Balaban J connectivity index is 1.57. The van der Waals surface area contributed by atoms with Crippen LogP contribution in [-0.4, -0.2) is 14.1 Å².